The quantitative estimate of drug-likeness (QED) is 0.858. The molecule has 136 valence electrons. The summed E-state index contributed by atoms with van der Waals surface area (Å²) in [5.41, 5.74) is 0. The van der Waals surface area contributed by atoms with Crippen LogP contribution < -0.4 is 5.32 Å². The van der Waals surface area contributed by atoms with Crippen molar-refractivity contribution in [1.82, 2.24) is 15.1 Å². The van der Waals surface area contributed by atoms with Gasteiger partial charge in [-0.2, -0.15) is 0 Å². The zero-order valence-electron chi connectivity index (χ0n) is 15.4. The topological polar surface area (TPSA) is 35.6 Å². The first-order valence-electron chi connectivity index (χ1n) is 10.5. The van der Waals surface area contributed by atoms with Gasteiger partial charge in [0.25, 0.3) is 0 Å². The predicted molar refractivity (Wildman–Crippen MR) is 97.0 cm³/mol. The second kappa shape index (κ2) is 7.23. The van der Waals surface area contributed by atoms with E-state index in [0.717, 1.165) is 49.7 Å². The minimum Gasteiger partial charge on any atom is -0.335 e. The van der Waals surface area contributed by atoms with Crippen molar-refractivity contribution in [3.63, 3.8) is 0 Å². The third-order valence-electron chi connectivity index (χ3n) is 7.44. The number of rotatable bonds is 3. The highest BCUT2D eigenvalue weighted by molar-refractivity contribution is 5.74. The van der Waals surface area contributed by atoms with Gasteiger partial charge in [0.05, 0.1) is 0 Å². The molecule has 4 rings (SSSR count). The number of fused-ring (bicyclic) bond motifs is 2. The van der Waals surface area contributed by atoms with Crippen LogP contribution in [0.4, 0.5) is 4.79 Å². The first kappa shape index (κ1) is 16.7. The van der Waals surface area contributed by atoms with E-state index in [9.17, 15) is 4.79 Å². The van der Waals surface area contributed by atoms with Crippen LogP contribution in [0.5, 0.6) is 0 Å². The molecule has 2 amide bonds. The Kier molecular flexibility index (Phi) is 5.03. The predicted octanol–water partition coefficient (Wildman–Crippen LogP) is 3.47. The van der Waals surface area contributed by atoms with Crippen molar-refractivity contribution in [3.8, 4) is 0 Å². The van der Waals surface area contributed by atoms with Crippen LogP contribution in [-0.4, -0.2) is 54.1 Å². The highest BCUT2D eigenvalue weighted by Crippen LogP contribution is 2.49. The SMILES string of the molecule is C[C@@H](NC(=O)N1CCC(N2CCCCC2)CC1)[C@@H]1C[C@H]2CC[C@H]1C2. The maximum absolute atomic E-state index is 12.7. The van der Waals surface area contributed by atoms with Crippen molar-refractivity contribution in [2.24, 2.45) is 17.8 Å². The summed E-state index contributed by atoms with van der Waals surface area (Å²) in [7, 11) is 0. The highest BCUT2D eigenvalue weighted by Gasteiger charge is 2.42. The van der Waals surface area contributed by atoms with E-state index in [4.69, 9.17) is 0 Å². The monoisotopic (exact) mass is 333 g/mol. The van der Waals surface area contributed by atoms with Gasteiger partial charge in [-0.25, -0.2) is 4.79 Å². The molecule has 2 aliphatic heterocycles. The summed E-state index contributed by atoms with van der Waals surface area (Å²) >= 11 is 0. The molecule has 0 aromatic rings. The van der Waals surface area contributed by atoms with Crippen LogP contribution in [0.15, 0.2) is 0 Å². The van der Waals surface area contributed by atoms with Gasteiger partial charge >= 0.3 is 6.03 Å². The average molecular weight is 334 g/mol. The van der Waals surface area contributed by atoms with Gasteiger partial charge in [0.15, 0.2) is 0 Å². The molecule has 0 radical (unpaired) electrons. The lowest BCUT2D eigenvalue weighted by Crippen LogP contribution is -2.52. The Morgan fingerprint density at radius 3 is 2.33 bits per heavy atom. The number of nitrogens with one attached hydrogen (secondary N) is 1. The molecule has 4 nitrogen and oxygen atoms in total. The molecule has 0 aromatic carbocycles. The van der Waals surface area contributed by atoms with Crippen molar-refractivity contribution >= 4 is 6.03 Å². The second-order valence-corrected chi connectivity index (χ2v) is 8.89. The van der Waals surface area contributed by atoms with Crippen molar-refractivity contribution in [2.75, 3.05) is 26.2 Å². The van der Waals surface area contributed by atoms with Gasteiger partial charge in [-0.05, 0) is 82.7 Å². The summed E-state index contributed by atoms with van der Waals surface area (Å²) < 4.78 is 0. The van der Waals surface area contributed by atoms with E-state index in [1.165, 1.54) is 58.0 Å². The van der Waals surface area contributed by atoms with E-state index in [1.807, 2.05) is 0 Å². The minimum atomic E-state index is 0.197. The summed E-state index contributed by atoms with van der Waals surface area (Å²) in [5, 5.41) is 3.34. The molecular weight excluding hydrogens is 298 g/mol. The van der Waals surface area contributed by atoms with Gasteiger partial charge in [0.2, 0.25) is 0 Å². The van der Waals surface area contributed by atoms with Gasteiger partial charge in [-0.1, -0.05) is 12.8 Å². The molecule has 4 atom stereocenters. The maximum Gasteiger partial charge on any atom is 0.317 e. The maximum atomic E-state index is 12.7. The fourth-order valence-electron chi connectivity index (χ4n) is 6.02. The zero-order chi connectivity index (χ0) is 16.5. The molecule has 0 unspecified atom stereocenters. The van der Waals surface area contributed by atoms with E-state index in [0.29, 0.717) is 6.04 Å². The standard InChI is InChI=1S/C20H35N3O/c1-15(19-14-16-5-6-17(19)13-16)21-20(24)23-11-7-18(8-12-23)22-9-3-2-4-10-22/h15-19H,2-14H2,1H3,(H,21,24)/t15-,16+,17+,19+/m1/s1. The van der Waals surface area contributed by atoms with Gasteiger partial charge in [0, 0.05) is 25.2 Å². The van der Waals surface area contributed by atoms with Crippen LogP contribution in [-0.2, 0) is 0 Å². The average Bonchev–Trinajstić information content (AvgIpc) is 3.26. The van der Waals surface area contributed by atoms with Crippen LogP contribution in [0.3, 0.4) is 0 Å². The number of carbonyl (C=O) groups is 1. The van der Waals surface area contributed by atoms with Crippen LogP contribution in [0, 0.1) is 17.8 Å². The molecule has 2 bridgehead atoms. The highest BCUT2D eigenvalue weighted by atomic mass is 16.2. The molecule has 0 aromatic heterocycles. The van der Waals surface area contributed by atoms with Gasteiger partial charge < -0.3 is 15.1 Å². The van der Waals surface area contributed by atoms with E-state index in [2.05, 4.69) is 22.0 Å². The Labute approximate surface area is 147 Å². The van der Waals surface area contributed by atoms with Crippen molar-refractivity contribution in [2.45, 2.75) is 76.8 Å². The number of hydrogen-bond acceptors (Lipinski definition) is 2. The van der Waals surface area contributed by atoms with E-state index in [-0.39, 0.29) is 6.03 Å². The zero-order valence-corrected chi connectivity index (χ0v) is 15.4. The Morgan fingerprint density at radius 2 is 1.71 bits per heavy atom. The Morgan fingerprint density at radius 1 is 0.958 bits per heavy atom. The Bertz CT molecular complexity index is 440. The fourth-order valence-corrected chi connectivity index (χ4v) is 6.02. The smallest absolute Gasteiger partial charge is 0.317 e. The fraction of sp³-hybridized carbons (Fsp3) is 0.950. The van der Waals surface area contributed by atoms with Gasteiger partial charge in [-0.15, -0.1) is 0 Å². The van der Waals surface area contributed by atoms with Crippen LogP contribution in [0.2, 0.25) is 0 Å². The Balaban J connectivity index is 1.22. The van der Waals surface area contributed by atoms with Crippen LogP contribution >= 0.6 is 0 Å². The molecule has 2 saturated heterocycles. The lowest BCUT2D eigenvalue weighted by atomic mass is 9.84. The van der Waals surface area contributed by atoms with Crippen molar-refractivity contribution in [3.05, 3.63) is 0 Å². The number of carbonyl (C=O) groups excluding carboxylic acids is 1. The molecule has 4 heteroatoms. The third kappa shape index (κ3) is 3.44. The molecular formula is C20H35N3O. The minimum absolute atomic E-state index is 0.197. The largest absolute Gasteiger partial charge is 0.335 e. The van der Waals surface area contributed by atoms with Crippen LogP contribution in [0.1, 0.15) is 64.7 Å². The first-order chi connectivity index (χ1) is 11.7. The number of hydrogen-bond donors (Lipinski definition) is 1. The summed E-state index contributed by atoms with van der Waals surface area (Å²) in [6.45, 7) is 6.67. The van der Waals surface area contributed by atoms with E-state index in [1.54, 1.807) is 0 Å². The summed E-state index contributed by atoms with van der Waals surface area (Å²) in [5.74, 6) is 2.58. The summed E-state index contributed by atoms with van der Waals surface area (Å²) in [6.07, 6.45) is 12.1. The number of piperidine rings is 2. The van der Waals surface area contributed by atoms with E-state index >= 15 is 0 Å². The van der Waals surface area contributed by atoms with Crippen LogP contribution in [0.25, 0.3) is 0 Å². The Hall–Kier alpha value is -0.770. The number of nitrogens with zero attached hydrogens (tertiary/aromatic N) is 2. The van der Waals surface area contributed by atoms with Gasteiger partial charge in [-0.3, -0.25) is 0 Å². The molecule has 2 heterocycles. The second-order valence-electron chi connectivity index (χ2n) is 8.89. The molecule has 4 fully saturated rings. The molecule has 1 N–H and O–H groups in total. The molecule has 24 heavy (non-hydrogen) atoms. The normalized spacial score (nSPS) is 36.0. The lowest BCUT2D eigenvalue weighted by molar-refractivity contribution is 0.0993. The van der Waals surface area contributed by atoms with Crippen molar-refractivity contribution < 1.29 is 4.79 Å². The van der Waals surface area contributed by atoms with E-state index < -0.39 is 0 Å². The van der Waals surface area contributed by atoms with Gasteiger partial charge in [0.1, 0.15) is 0 Å². The molecule has 2 saturated carbocycles. The lowest BCUT2D eigenvalue weighted by Gasteiger charge is -2.40. The summed E-state index contributed by atoms with van der Waals surface area (Å²) in [4.78, 5) is 17.4. The number of urea groups is 1. The molecule has 0 spiro atoms. The number of likely N-dealkylation sites (tertiary alicyclic amines) is 2. The molecule has 2 aliphatic carbocycles. The first-order valence-corrected chi connectivity index (χ1v) is 10.5. The van der Waals surface area contributed by atoms with Crippen molar-refractivity contribution in [1.29, 1.82) is 0 Å². The molecule has 4 aliphatic rings. The third-order valence-corrected chi connectivity index (χ3v) is 7.44. The number of amides is 2. The summed E-state index contributed by atoms with van der Waals surface area (Å²) in [6, 6.07) is 1.27.